The van der Waals surface area contributed by atoms with Gasteiger partial charge in [-0.1, -0.05) is 46.6 Å². The van der Waals surface area contributed by atoms with Crippen molar-refractivity contribution in [3.05, 3.63) is 46.6 Å². The molecule has 0 rings (SSSR count). The summed E-state index contributed by atoms with van der Waals surface area (Å²) in [5.74, 6) is 0. The molecule has 0 aliphatic rings. The Labute approximate surface area is 151 Å². The molecule has 0 unspecified atom stereocenters. The van der Waals surface area contributed by atoms with E-state index >= 15 is 0 Å². The van der Waals surface area contributed by atoms with Gasteiger partial charge in [0.15, 0.2) is 0 Å². The molecule has 0 aliphatic carbocycles. The van der Waals surface area contributed by atoms with Gasteiger partial charge in [0.2, 0.25) is 0 Å². The minimum absolute atomic E-state index is 0.777. The largest absolute Gasteiger partial charge is 0.310 e. The molecule has 0 aromatic heterocycles. The highest BCUT2D eigenvalue weighted by atomic mass is 14.4. The molecule has 1 nitrogen and oxygen atoms in total. The second-order valence-electron chi connectivity index (χ2n) is 7.37. The Kier molecular flexibility index (Phi) is 13.2. The van der Waals surface area contributed by atoms with Crippen LogP contribution in [0, 0.1) is 5.41 Å². The van der Waals surface area contributed by atoms with Gasteiger partial charge in [-0.2, -0.15) is 0 Å². The van der Waals surface area contributed by atoms with Gasteiger partial charge in [0.1, 0.15) is 0 Å². The van der Waals surface area contributed by atoms with Gasteiger partial charge in [-0.05, 0) is 92.9 Å². The minimum atomic E-state index is 0.777. The summed E-state index contributed by atoms with van der Waals surface area (Å²) in [6.07, 6.45) is 18.3. The Morgan fingerprint density at radius 1 is 0.542 bits per heavy atom. The molecule has 0 bridgehead atoms. The average Bonchev–Trinajstić information content (AvgIpc) is 2.46. The van der Waals surface area contributed by atoms with Crippen LogP contribution in [0.15, 0.2) is 46.6 Å². The lowest BCUT2D eigenvalue weighted by atomic mass is 10.0. The first-order valence-corrected chi connectivity index (χ1v) is 9.45. The number of hydrogen-bond acceptors (Lipinski definition) is 1. The van der Waals surface area contributed by atoms with Gasteiger partial charge in [-0.3, -0.25) is 0 Å². The number of hydrogen-bond donors (Lipinski definition) is 1. The monoisotopic (exact) mass is 329 g/mol. The highest BCUT2D eigenvalue weighted by Gasteiger charge is 1.94. The van der Waals surface area contributed by atoms with E-state index in [1.165, 1.54) is 41.6 Å². The fraction of sp³-hybridized carbons (Fsp3) is 0.609. The first kappa shape index (κ1) is 22.6. The van der Waals surface area contributed by atoms with E-state index in [4.69, 9.17) is 5.41 Å². The van der Waals surface area contributed by atoms with Crippen LogP contribution in [-0.4, -0.2) is 5.71 Å². The van der Waals surface area contributed by atoms with Crippen molar-refractivity contribution in [3.63, 3.8) is 0 Å². The SMILES string of the molecule is CC(=N)CCC=C(C)CCC=C(C)CCC=C(C)CCC=C(C)C. The van der Waals surface area contributed by atoms with Crippen molar-refractivity contribution in [1.82, 2.24) is 0 Å². The van der Waals surface area contributed by atoms with Crippen LogP contribution in [0.3, 0.4) is 0 Å². The van der Waals surface area contributed by atoms with Crippen LogP contribution < -0.4 is 0 Å². The molecule has 1 N–H and O–H groups in total. The first-order valence-electron chi connectivity index (χ1n) is 9.45. The fourth-order valence-electron chi connectivity index (χ4n) is 2.52. The van der Waals surface area contributed by atoms with Gasteiger partial charge in [0.05, 0.1) is 0 Å². The molecule has 0 aliphatic heterocycles. The maximum atomic E-state index is 7.44. The van der Waals surface area contributed by atoms with E-state index < -0.39 is 0 Å². The number of allylic oxidation sites excluding steroid dienone is 8. The zero-order valence-corrected chi connectivity index (χ0v) is 17.0. The van der Waals surface area contributed by atoms with E-state index in [0.717, 1.165) is 37.8 Å². The quantitative estimate of drug-likeness (QED) is 0.277. The topological polar surface area (TPSA) is 23.9 Å². The first-order chi connectivity index (χ1) is 11.3. The third-order valence-electron chi connectivity index (χ3n) is 4.17. The minimum Gasteiger partial charge on any atom is -0.310 e. The Hall–Kier alpha value is -1.37. The lowest BCUT2D eigenvalue weighted by Gasteiger charge is -2.03. The third kappa shape index (κ3) is 15.5. The lowest BCUT2D eigenvalue weighted by molar-refractivity contribution is 0.896. The Morgan fingerprint density at radius 3 is 1.21 bits per heavy atom. The second-order valence-corrected chi connectivity index (χ2v) is 7.37. The molecule has 0 radical (unpaired) electrons. The zero-order valence-electron chi connectivity index (χ0n) is 17.0. The van der Waals surface area contributed by atoms with E-state index in [2.05, 4.69) is 58.9 Å². The summed E-state index contributed by atoms with van der Waals surface area (Å²) in [5, 5.41) is 7.44. The van der Waals surface area contributed by atoms with Crippen LogP contribution in [0.25, 0.3) is 0 Å². The molecule has 0 saturated carbocycles. The Morgan fingerprint density at radius 2 is 0.875 bits per heavy atom. The van der Waals surface area contributed by atoms with Gasteiger partial charge in [0, 0.05) is 5.71 Å². The van der Waals surface area contributed by atoms with E-state index in [1.54, 1.807) is 0 Å². The third-order valence-corrected chi connectivity index (χ3v) is 4.17. The highest BCUT2D eigenvalue weighted by molar-refractivity contribution is 5.78. The summed E-state index contributed by atoms with van der Waals surface area (Å²) in [6, 6.07) is 0. The molecule has 1 heteroatoms. The van der Waals surface area contributed by atoms with Gasteiger partial charge in [-0.25, -0.2) is 0 Å². The highest BCUT2D eigenvalue weighted by Crippen LogP contribution is 2.14. The standard InChI is InChI=1S/C23H39N/c1-19(2)11-7-12-20(3)13-8-14-21(4)15-9-16-22(5)17-10-18-23(6)24/h11,13,15,17,24H,7-10,12,14,16,18H2,1-6H3. The Balaban J connectivity index is 3.98. The predicted molar refractivity (Wildman–Crippen MR) is 111 cm³/mol. The van der Waals surface area contributed by atoms with Crippen molar-refractivity contribution in [3.8, 4) is 0 Å². The molecular weight excluding hydrogens is 290 g/mol. The van der Waals surface area contributed by atoms with E-state index in [0.29, 0.717) is 0 Å². The summed E-state index contributed by atoms with van der Waals surface area (Å²) in [5.41, 5.74) is 6.67. The molecule has 0 atom stereocenters. The maximum absolute atomic E-state index is 7.44. The summed E-state index contributed by atoms with van der Waals surface area (Å²) in [7, 11) is 0. The molecular formula is C23H39N. The predicted octanol–water partition coefficient (Wildman–Crippen LogP) is 7.95. The molecule has 0 amide bonds. The summed E-state index contributed by atoms with van der Waals surface area (Å²) < 4.78 is 0. The molecule has 0 heterocycles. The molecule has 0 spiro atoms. The van der Waals surface area contributed by atoms with Crippen molar-refractivity contribution in [1.29, 1.82) is 5.41 Å². The summed E-state index contributed by atoms with van der Waals surface area (Å²) in [6.45, 7) is 12.9. The van der Waals surface area contributed by atoms with Crippen LogP contribution in [0.5, 0.6) is 0 Å². The summed E-state index contributed by atoms with van der Waals surface area (Å²) >= 11 is 0. The number of rotatable bonds is 12. The molecule has 0 aromatic carbocycles. The van der Waals surface area contributed by atoms with Crippen LogP contribution in [0.1, 0.15) is 92.9 Å². The van der Waals surface area contributed by atoms with Crippen LogP contribution in [-0.2, 0) is 0 Å². The molecule has 0 fully saturated rings. The van der Waals surface area contributed by atoms with E-state index in [-0.39, 0.29) is 0 Å². The fourth-order valence-corrected chi connectivity index (χ4v) is 2.52. The maximum Gasteiger partial charge on any atom is 0.00613 e. The van der Waals surface area contributed by atoms with Crippen LogP contribution in [0.4, 0.5) is 0 Å². The molecule has 136 valence electrons. The number of nitrogens with one attached hydrogen (secondary N) is 1. The van der Waals surface area contributed by atoms with Crippen molar-refractivity contribution < 1.29 is 0 Å². The normalized spacial score (nSPS) is 13.2. The van der Waals surface area contributed by atoms with Crippen molar-refractivity contribution >= 4 is 5.71 Å². The van der Waals surface area contributed by atoms with Crippen LogP contribution in [0.2, 0.25) is 0 Å². The van der Waals surface area contributed by atoms with E-state index in [1.807, 2.05) is 6.92 Å². The molecule has 0 saturated heterocycles. The van der Waals surface area contributed by atoms with Crippen molar-refractivity contribution in [2.45, 2.75) is 92.9 Å². The smallest absolute Gasteiger partial charge is 0.00613 e. The molecule has 24 heavy (non-hydrogen) atoms. The lowest BCUT2D eigenvalue weighted by Crippen LogP contribution is -1.86. The zero-order chi connectivity index (χ0) is 18.4. The summed E-state index contributed by atoms with van der Waals surface area (Å²) in [4.78, 5) is 0. The Bertz CT molecular complexity index is 482. The second kappa shape index (κ2) is 14.0. The van der Waals surface area contributed by atoms with Gasteiger partial charge < -0.3 is 5.41 Å². The van der Waals surface area contributed by atoms with Gasteiger partial charge in [-0.15, -0.1) is 0 Å². The van der Waals surface area contributed by atoms with Crippen molar-refractivity contribution in [2.24, 2.45) is 0 Å². The van der Waals surface area contributed by atoms with Gasteiger partial charge >= 0.3 is 0 Å². The van der Waals surface area contributed by atoms with Crippen molar-refractivity contribution in [2.75, 3.05) is 0 Å². The van der Waals surface area contributed by atoms with E-state index in [9.17, 15) is 0 Å². The average molecular weight is 330 g/mol. The molecule has 0 aromatic rings. The van der Waals surface area contributed by atoms with Crippen LogP contribution >= 0.6 is 0 Å². The van der Waals surface area contributed by atoms with Gasteiger partial charge in [0.25, 0.3) is 0 Å².